The van der Waals surface area contributed by atoms with Crippen LogP contribution < -0.4 is 10.4 Å². The topological polar surface area (TPSA) is 96.2 Å². The van der Waals surface area contributed by atoms with Crippen LogP contribution >= 0.6 is 0 Å². The summed E-state index contributed by atoms with van der Waals surface area (Å²) in [6.07, 6.45) is 4.32. The molecule has 4 rings (SSSR count). The summed E-state index contributed by atoms with van der Waals surface area (Å²) in [5, 5.41) is 35.1. The van der Waals surface area contributed by atoms with Gasteiger partial charge in [0.1, 0.15) is 6.10 Å². The largest absolute Gasteiger partial charge is 0.462 e. The van der Waals surface area contributed by atoms with Crippen molar-refractivity contribution in [3.63, 3.8) is 0 Å². The highest BCUT2D eigenvalue weighted by Gasteiger charge is 2.50. The van der Waals surface area contributed by atoms with Gasteiger partial charge in [-0.3, -0.25) is 4.79 Å². The minimum Gasteiger partial charge on any atom is -0.462 e. The lowest BCUT2D eigenvalue weighted by Crippen LogP contribution is -2.66. The van der Waals surface area contributed by atoms with Gasteiger partial charge in [-0.15, -0.1) is 0 Å². The highest BCUT2D eigenvalue weighted by Crippen LogP contribution is 2.49. The standard InChI is InChI=1S/C39H60O6Si/c1-7-27(2)38(43)45-36-26-32(42)24-29-19-18-28(3)35(37(29)36)21-20-30(40)25-31(41)22-23-44-46(39(4,5)6,33-14-10-8-11-15-33)34-16-12-9-13-17-34/h8-17,27-32,35-37,40-42H,7,18-26H2,1-6H3/t27?,28-,29-,30?,31-,32+,35-,36-,37-/m1/s1. The molecular weight excluding hydrogens is 593 g/mol. The van der Waals surface area contributed by atoms with E-state index in [0.717, 1.165) is 32.1 Å². The first-order valence-electron chi connectivity index (χ1n) is 17.9. The molecule has 2 aliphatic carbocycles. The molecule has 0 saturated heterocycles. The molecular formula is C39H60O6Si. The molecule has 0 heterocycles. The van der Waals surface area contributed by atoms with E-state index in [0.29, 0.717) is 50.0 Å². The van der Waals surface area contributed by atoms with Crippen LogP contribution in [0.2, 0.25) is 5.04 Å². The van der Waals surface area contributed by atoms with Gasteiger partial charge in [0.15, 0.2) is 0 Å². The zero-order valence-electron chi connectivity index (χ0n) is 29.1. The van der Waals surface area contributed by atoms with Gasteiger partial charge in [0.2, 0.25) is 0 Å². The van der Waals surface area contributed by atoms with Crippen LogP contribution in [-0.4, -0.2) is 60.6 Å². The van der Waals surface area contributed by atoms with E-state index in [-0.39, 0.29) is 28.9 Å². The molecule has 0 bridgehead atoms. The van der Waals surface area contributed by atoms with Crippen molar-refractivity contribution in [1.82, 2.24) is 0 Å². The molecule has 0 spiro atoms. The maximum absolute atomic E-state index is 12.8. The summed E-state index contributed by atoms with van der Waals surface area (Å²) in [5.41, 5.74) is 0. The third-order valence-corrected chi connectivity index (χ3v) is 16.2. The van der Waals surface area contributed by atoms with Crippen LogP contribution in [0, 0.1) is 29.6 Å². The summed E-state index contributed by atoms with van der Waals surface area (Å²) >= 11 is 0. The van der Waals surface area contributed by atoms with Crippen LogP contribution in [0.4, 0.5) is 0 Å². The highest BCUT2D eigenvalue weighted by molar-refractivity contribution is 6.99. The predicted molar refractivity (Wildman–Crippen MR) is 187 cm³/mol. The number of hydrogen-bond donors (Lipinski definition) is 3. The normalized spacial score (nSPS) is 27.3. The fourth-order valence-electron chi connectivity index (χ4n) is 8.42. The molecule has 0 amide bonds. The molecule has 2 aromatic rings. The second-order valence-corrected chi connectivity index (χ2v) is 19.7. The van der Waals surface area contributed by atoms with E-state index in [1.165, 1.54) is 10.4 Å². The van der Waals surface area contributed by atoms with Crippen LogP contribution in [0.1, 0.15) is 99.3 Å². The Balaban J connectivity index is 1.37. The van der Waals surface area contributed by atoms with Crippen molar-refractivity contribution >= 4 is 24.7 Å². The van der Waals surface area contributed by atoms with Gasteiger partial charge in [-0.2, -0.15) is 0 Å². The maximum Gasteiger partial charge on any atom is 0.308 e. The maximum atomic E-state index is 12.8. The molecule has 2 aromatic carbocycles. The second-order valence-electron chi connectivity index (χ2n) is 15.4. The average Bonchev–Trinajstić information content (AvgIpc) is 3.02. The number of ether oxygens (including phenoxy) is 1. The van der Waals surface area contributed by atoms with E-state index >= 15 is 0 Å². The van der Waals surface area contributed by atoms with Gasteiger partial charge >= 0.3 is 5.97 Å². The lowest BCUT2D eigenvalue weighted by molar-refractivity contribution is -0.170. The third kappa shape index (κ3) is 8.70. The van der Waals surface area contributed by atoms with Gasteiger partial charge < -0.3 is 24.5 Å². The second kappa shape index (κ2) is 16.4. The lowest BCUT2D eigenvalue weighted by atomic mass is 9.59. The summed E-state index contributed by atoms with van der Waals surface area (Å²) < 4.78 is 13.0. The zero-order valence-corrected chi connectivity index (χ0v) is 30.1. The average molecular weight is 653 g/mol. The van der Waals surface area contributed by atoms with Crippen molar-refractivity contribution in [2.75, 3.05) is 6.61 Å². The minimum atomic E-state index is -2.68. The summed E-state index contributed by atoms with van der Waals surface area (Å²) in [4.78, 5) is 12.8. The summed E-state index contributed by atoms with van der Waals surface area (Å²) in [6, 6.07) is 21.0. The Morgan fingerprint density at radius 3 is 2.09 bits per heavy atom. The van der Waals surface area contributed by atoms with Crippen molar-refractivity contribution in [3.8, 4) is 0 Å². The monoisotopic (exact) mass is 652 g/mol. The van der Waals surface area contributed by atoms with Crippen LogP contribution in [0.15, 0.2) is 60.7 Å². The summed E-state index contributed by atoms with van der Waals surface area (Å²) in [5.74, 6) is 0.990. The number of aliphatic hydroxyl groups is 3. The molecule has 0 radical (unpaired) electrons. The molecule has 256 valence electrons. The molecule has 2 saturated carbocycles. The number of carbonyl (C=O) groups is 1. The van der Waals surface area contributed by atoms with E-state index in [2.05, 4.69) is 76.2 Å². The number of benzene rings is 2. The molecule has 0 aromatic heterocycles. The Hall–Kier alpha value is -2.03. The molecule has 7 heteroatoms. The van der Waals surface area contributed by atoms with Crippen molar-refractivity contribution in [2.45, 2.75) is 129 Å². The van der Waals surface area contributed by atoms with Crippen LogP contribution in [0.5, 0.6) is 0 Å². The molecule has 6 nitrogen and oxygen atoms in total. The molecule has 0 aliphatic heterocycles. The minimum absolute atomic E-state index is 0.134. The Morgan fingerprint density at radius 1 is 0.935 bits per heavy atom. The molecule has 2 unspecified atom stereocenters. The third-order valence-electron chi connectivity index (χ3n) is 11.1. The predicted octanol–water partition coefficient (Wildman–Crippen LogP) is 6.24. The summed E-state index contributed by atoms with van der Waals surface area (Å²) in [7, 11) is -2.68. The zero-order chi connectivity index (χ0) is 33.5. The first-order valence-corrected chi connectivity index (χ1v) is 19.8. The van der Waals surface area contributed by atoms with Crippen LogP contribution in [0.3, 0.4) is 0 Å². The van der Waals surface area contributed by atoms with Gasteiger partial charge in [-0.1, -0.05) is 109 Å². The Labute approximate surface area is 279 Å². The van der Waals surface area contributed by atoms with E-state index in [4.69, 9.17) is 9.16 Å². The molecule has 2 aliphatic rings. The van der Waals surface area contributed by atoms with E-state index < -0.39 is 26.6 Å². The quantitative estimate of drug-likeness (QED) is 0.165. The summed E-state index contributed by atoms with van der Waals surface area (Å²) in [6.45, 7) is 13.3. The van der Waals surface area contributed by atoms with Gasteiger partial charge in [0, 0.05) is 18.9 Å². The Bertz CT molecular complexity index is 1160. The first-order chi connectivity index (χ1) is 21.9. The fourth-order valence-corrected chi connectivity index (χ4v) is 13.0. The van der Waals surface area contributed by atoms with Crippen LogP contribution in [0.25, 0.3) is 0 Å². The van der Waals surface area contributed by atoms with Crippen molar-refractivity contribution < 1.29 is 29.3 Å². The lowest BCUT2D eigenvalue weighted by Gasteiger charge is -2.49. The number of esters is 1. The Kier molecular flexibility index (Phi) is 13.1. The molecule has 3 N–H and O–H groups in total. The Morgan fingerprint density at radius 2 is 1.52 bits per heavy atom. The number of hydrogen-bond acceptors (Lipinski definition) is 6. The van der Waals surface area contributed by atoms with Gasteiger partial charge in [-0.05, 0) is 78.1 Å². The number of aliphatic hydroxyl groups excluding tert-OH is 3. The van der Waals surface area contributed by atoms with Crippen molar-refractivity contribution in [2.24, 2.45) is 29.6 Å². The van der Waals surface area contributed by atoms with Gasteiger partial charge in [0.25, 0.3) is 8.32 Å². The SMILES string of the molecule is CCC(C)C(=O)O[C@@H]1C[C@@H](O)C[C@H]2CC[C@@H](C)[C@@H](CCC(O)C[C@H](O)CCO[Si](c3ccccc3)(c3ccccc3)C(C)(C)C)[C@@H]21. The van der Waals surface area contributed by atoms with Crippen molar-refractivity contribution in [3.05, 3.63) is 60.7 Å². The van der Waals surface area contributed by atoms with E-state index in [1.807, 2.05) is 26.0 Å². The molecule has 46 heavy (non-hydrogen) atoms. The van der Waals surface area contributed by atoms with E-state index in [9.17, 15) is 20.1 Å². The fraction of sp³-hybridized carbons (Fsp3) is 0.667. The molecule has 2 fully saturated rings. The van der Waals surface area contributed by atoms with Crippen LogP contribution in [-0.2, 0) is 14.0 Å². The number of carbonyl (C=O) groups excluding carboxylic acids is 1. The smallest absolute Gasteiger partial charge is 0.308 e. The van der Waals surface area contributed by atoms with Gasteiger partial charge in [-0.25, -0.2) is 0 Å². The number of fused-ring (bicyclic) bond motifs is 1. The van der Waals surface area contributed by atoms with E-state index in [1.54, 1.807) is 0 Å². The van der Waals surface area contributed by atoms with Crippen molar-refractivity contribution in [1.29, 1.82) is 0 Å². The number of rotatable bonds is 14. The molecule has 9 atom stereocenters. The highest BCUT2D eigenvalue weighted by atomic mass is 28.4. The first kappa shape index (κ1) is 36.8. The van der Waals surface area contributed by atoms with Gasteiger partial charge in [0.05, 0.1) is 24.2 Å².